The van der Waals surface area contributed by atoms with Crippen LogP contribution in [0.1, 0.15) is 11.1 Å². The molecular formula is C21H17N5. The van der Waals surface area contributed by atoms with Gasteiger partial charge in [-0.05, 0) is 49.2 Å². The summed E-state index contributed by atoms with van der Waals surface area (Å²) in [6.45, 7) is 4.13. The smallest absolute Gasteiger partial charge is 0.157 e. The van der Waals surface area contributed by atoms with E-state index in [1.807, 2.05) is 42.5 Å². The lowest BCUT2D eigenvalue weighted by molar-refractivity contribution is 1.20. The van der Waals surface area contributed by atoms with Gasteiger partial charge < -0.3 is 9.97 Å². The molecule has 0 amide bonds. The number of benzene rings is 2. The van der Waals surface area contributed by atoms with Crippen LogP contribution >= 0.6 is 0 Å². The molecule has 3 aromatic heterocycles. The highest BCUT2D eigenvalue weighted by Crippen LogP contribution is 2.25. The summed E-state index contributed by atoms with van der Waals surface area (Å²) in [7, 11) is 0. The predicted octanol–water partition coefficient (Wildman–Crippen LogP) is 4.79. The van der Waals surface area contributed by atoms with E-state index >= 15 is 0 Å². The van der Waals surface area contributed by atoms with Crippen LogP contribution < -0.4 is 0 Å². The quantitative estimate of drug-likeness (QED) is 0.486. The van der Waals surface area contributed by atoms with Crippen LogP contribution in [0.5, 0.6) is 0 Å². The highest BCUT2D eigenvalue weighted by atomic mass is 15.0. The molecule has 126 valence electrons. The van der Waals surface area contributed by atoms with E-state index in [1.165, 1.54) is 0 Å². The Labute approximate surface area is 150 Å². The van der Waals surface area contributed by atoms with Crippen molar-refractivity contribution in [2.75, 3.05) is 0 Å². The molecule has 0 spiro atoms. The molecule has 0 atom stereocenters. The van der Waals surface area contributed by atoms with Crippen molar-refractivity contribution < 1.29 is 0 Å². The van der Waals surface area contributed by atoms with Gasteiger partial charge in [0.2, 0.25) is 0 Å². The van der Waals surface area contributed by atoms with Crippen LogP contribution in [0.2, 0.25) is 0 Å². The highest BCUT2D eigenvalue weighted by Gasteiger charge is 2.12. The lowest BCUT2D eigenvalue weighted by Gasteiger charge is -1.99. The Morgan fingerprint density at radius 2 is 1.04 bits per heavy atom. The zero-order valence-electron chi connectivity index (χ0n) is 14.5. The number of pyridine rings is 1. The molecule has 0 saturated heterocycles. The van der Waals surface area contributed by atoms with Crippen molar-refractivity contribution in [3.05, 3.63) is 65.7 Å². The zero-order chi connectivity index (χ0) is 17.7. The van der Waals surface area contributed by atoms with Crippen LogP contribution in [0.25, 0.3) is 45.1 Å². The molecule has 5 nitrogen and oxygen atoms in total. The van der Waals surface area contributed by atoms with Crippen molar-refractivity contribution in [3.8, 4) is 23.0 Å². The summed E-state index contributed by atoms with van der Waals surface area (Å²) in [5.41, 5.74) is 7.90. The van der Waals surface area contributed by atoms with E-state index in [0.717, 1.165) is 56.2 Å². The molecule has 0 saturated carbocycles. The minimum atomic E-state index is 0.767. The van der Waals surface area contributed by atoms with Gasteiger partial charge in [-0.2, -0.15) is 0 Å². The topological polar surface area (TPSA) is 70.2 Å². The lowest BCUT2D eigenvalue weighted by Crippen LogP contribution is -1.90. The number of nitrogens with one attached hydrogen (secondary N) is 2. The summed E-state index contributed by atoms with van der Waals surface area (Å²) >= 11 is 0. The molecular weight excluding hydrogens is 322 g/mol. The fourth-order valence-corrected chi connectivity index (χ4v) is 3.29. The van der Waals surface area contributed by atoms with Gasteiger partial charge in [0.15, 0.2) is 11.6 Å². The second-order valence-electron chi connectivity index (χ2n) is 6.52. The van der Waals surface area contributed by atoms with Crippen molar-refractivity contribution >= 4 is 22.1 Å². The lowest BCUT2D eigenvalue weighted by atomic mass is 10.2. The van der Waals surface area contributed by atoms with Crippen LogP contribution in [0.15, 0.2) is 54.6 Å². The Bertz CT molecular complexity index is 1170. The van der Waals surface area contributed by atoms with Crippen LogP contribution in [-0.2, 0) is 0 Å². The second-order valence-corrected chi connectivity index (χ2v) is 6.52. The Balaban J connectivity index is 1.63. The number of fused-ring (bicyclic) bond motifs is 2. The number of hydrogen-bond acceptors (Lipinski definition) is 3. The first kappa shape index (κ1) is 14.8. The number of aromatic nitrogens is 5. The molecule has 0 aliphatic heterocycles. The monoisotopic (exact) mass is 339 g/mol. The number of hydrogen-bond donors (Lipinski definition) is 2. The fourth-order valence-electron chi connectivity index (χ4n) is 3.29. The third kappa shape index (κ3) is 2.29. The van der Waals surface area contributed by atoms with Gasteiger partial charge in [-0.3, -0.25) is 0 Å². The Hall–Kier alpha value is -3.47. The zero-order valence-corrected chi connectivity index (χ0v) is 14.5. The first-order chi connectivity index (χ1) is 12.7. The summed E-state index contributed by atoms with van der Waals surface area (Å²) in [4.78, 5) is 21.0. The van der Waals surface area contributed by atoms with E-state index in [-0.39, 0.29) is 0 Å². The molecule has 0 aliphatic rings. The van der Waals surface area contributed by atoms with Crippen molar-refractivity contribution in [3.63, 3.8) is 0 Å². The number of imidazole rings is 2. The van der Waals surface area contributed by atoms with Gasteiger partial charge in [-0.25, -0.2) is 15.0 Å². The maximum Gasteiger partial charge on any atom is 0.157 e. The molecule has 2 aromatic carbocycles. The molecule has 0 fully saturated rings. The third-order valence-electron chi connectivity index (χ3n) is 4.66. The van der Waals surface area contributed by atoms with E-state index in [0.29, 0.717) is 0 Å². The van der Waals surface area contributed by atoms with Gasteiger partial charge in [0.1, 0.15) is 11.4 Å². The minimum Gasteiger partial charge on any atom is -0.337 e. The molecule has 26 heavy (non-hydrogen) atoms. The molecule has 0 unspecified atom stereocenters. The summed E-state index contributed by atoms with van der Waals surface area (Å²) in [5.74, 6) is 1.53. The summed E-state index contributed by atoms with van der Waals surface area (Å²) in [6, 6.07) is 18.2. The molecule has 3 heterocycles. The molecule has 2 N–H and O–H groups in total. The second kappa shape index (κ2) is 5.52. The highest BCUT2D eigenvalue weighted by molar-refractivity contribution is 5.83. The maximum absolute atomic E-state index is 4.78. The van der Waals surface area contributed by atoms with E-state index in [4.69, 9.17) is 15.0 Å². The standard InChI is InChI=1S/C21H17N5/c1-12-6-3-8-14-18(12)25-20(23-14)16-10-5-11-17(22-16)21-24-15-9-4-7-13(2)19(15)26-21/h3-11H,1-2H3,(H,23,25)(H,24,26). The van der Waals surface area contributed by atoms with E-state index in [2.05, 4.69) is 35.9 Å². The minimum absolute atomic E-state index is 0.767. The van der Waals surface area contributed by atoms with Gasteiger partial charge in [-0.1, -0.05) is 30.3 Å². The van der Waals surface area contributed by atoms with Crippen LogP contribution in [0.4, 0.5) is 0 Å². The van der Waals surface area contributed by atoms with Crippen LogP contribution in [-0.4, -0.2) is 24.9 Å². The van der Waals surface area contributed by atoms with Crippen molar-refractivity contribution in [1.29, 1.82) is 0 Å². The summed E-state index contributed by atoms with van der Waals surface area (Å²) < 4.78 is 0. The Kier molecular flexibility index (Phi) is 3.15. The Morgan fingerprint density at radius 3 is 1.50 bits per heavy atom. The first-order valence-electron chi connectivity index (χ1n) is 8.57. The molecule has 0 bridgehead atoms. The molecule has 5 aromatic rings. The maximum atomic E-state index is 4.78. The normalized spacial score (nSPS) is 11.5. The first-order valence-corrected chi connectivity index (χ1v) is 8.57. The van der Waals surface area contributed by atoms with Gasteiger partial charge in [0, 0.05) is 0 Å². The number of nitrogens with zero attached hydrogens (tertiary/aromatic N) is 3. The van der Waals surface area contributed by atoms with E-state index < -0.39 is 0 Å². The van der Waals surface area contributed by atoms with Crippen LogP contribution in [0, 0.1) is 13.8 Å². The van der Waals surface area contributed by atoms with Crippen molar-refractivity contribution in [2.24, 2.45) is 0 Å². The summed E-state index contributed by atoms with van der Waals surface area (Å²) in [6.07, 6.45) is 0. The van der Waals surface area contributed by atoms with E-state index in [9.17, 15) is 0 Å². The van der Waals surface area contributed by atoms with Gasteiger partial charge in [0.25, 0.3) is 0 Å². The molecule has 5 heteroatoms. The number of para-hydroxylation sites is 2. The third-order valence-corrected chi connectivity index (χ3v) is 4.66. The number of H-pyrrole nitrogens is 2. The average Bonchev–Trinajstić information content (AvgIpc) is 3.28. The summed E-state index contributed by atoms with van der Waals surface area (Å²) in [5, 5.41) is 0. The molecule has 0 aliphatic carbocycles. The predicted molar refractivity (Wildman–Crippen MR) is 104 cm³/mol. The van der Waals surface area contributed by atoms with Crippen molar-refractivity contribution in [1.82, 2.24) is 24.9 Å². The number of aryl methyl sites for hydroxylation is 2. The average molecular weight is 339 g/mol. The fraction of sp³-hybridized carbons (Fsp3) is 0.0952. The molecule has 5 rings (SSSR count). The molecule has 0 radical (unpaired) electrons. The van der Waals surface area contributed by atoms with Gasteiger partial charge in [-0.15, -0.1) is 0 Å². The SMILES string of the molecule is Cc1cccc2[nH]c(-c3cccc(-c4nc5c(C)cccc5[nH]4)n3)nc12. The largest absolute Gasteiger partial charge is 0.337 e. The number of rotatable bonds is 2. The van der Waals surface area contributed by atoms with Crippen molar-refractivity contribution in [2.45, 2.75) is 13.8 Å². The number of aromatic amines is 2. The van der Waals surface area contributed by atoms with Gasteiger partial charge >= 0.3 is 0 Å². The van der Waals surface area contributed by atoms with E-state index in [1.54, 1.807) is 0 Å². The van der Waals surface area contributed by atoms with Crippen LogP contribution in [0.3, 0.4) is 0 Å². The Morgan fingerprint density at radius 1 is 0.577 bits per heavy atom. The van der Waals surface area contributed by atoms with Gasteiger partial charge in [0.05, 0.1) is 22.1 Å².